The van der Waals surface area contributed by atoms with E-state index in [0.29, 0.717) is 12.2 Å². The van der Waals surface area contributed by atoms with E-state index in [9.17, 15) is 15.0 Å². The molecule has 0 fully saturated rings. The number of aromatic hydroxyl groups is 1. The summed E-state index contributed by atoms with van der Waals surface area (Å²) in [4.78, 5) is 12.5. The molecule has 0 aliphatic carbocycles. The number of carbonyl (C=O) groups is 1. The highest BCUT2D eigenvalue weighted by atomic mass is 32.2. The van der Waals surface area contributed by atoms with E-state index in [4.69, 9.17) is 4.74 Å². The molecule has 0 heterocycles. The lowest BCUT2D eigenvalue weighted by molar-refractivity contribution is -0.154. The first kappa shape index (κ1) is 25.8. The van der Waals surface area contributed by atoms with Gasteiger partial charge in [0.1, 0.15) is 5.75 Å². The second-order valence-electron chi connectivity index (χ2n) is 9.92. The van der Waals surface area contributed by atoms with Crippen molar-refractivity contribution >= 4 is 17.7 Å². The first-order valence-electron chi connectivity index (χ1n) is 10.7. The fraction of sp³-hybridized carbons (Fsp3) is 0.708. The molecule has 1 aromatic rings. The summed E-state index contributed by atoms with van der Waals surface area (Å²) < 4.78 is 5.77. The Morgan fingerprint density at radius 2 is 1.59 bits per heavy atom. The third-order valence-electron chi connectivity index (χ3n) is 4.98. The fourth-order valence-corrected chi connectivity index (χ4v) is 4.25. The number of hydrogen-bond donors (Lipinski definition) is 2. The molecular weight excluding hydrogens is 384 g/mol. The van der Waals surface area contributed by atoms with Crippen LogP contribution in [0.3, 0.4) is 0 Å². The van der Waals surface area contributed by atoms with Crippen LogP contribution in [0.5, 0.6) is 5.75 Å². The van der Waals surface area contributed by atoms with Gasteiger partial charge in [-0.25, -0.2) is 4.79 Å². The van der Waals surface area contributed by atoms with Gasteiger partial charge in [0.05, 0.1) is 6.10 Å². The van der Waals surface area contributed by atoms with Crippen molar-refractivity contribution in [2.75, 3.05) is 5.75 Å². The highest BCUT2D eigenvalue weighted by molar-refractivity contribution is 7.99. The number of phenolic OH excluding ortho intramolecular Hbond substituents is 1. The number of unbranched alkanes of at least 4 members (excludes halogenated alkanes) is 1. The van der Waals surface area contributed by atoms with Gasteiger partial charge in [-0.15, -0.1) is 11.8 Å². The maximum absolute atomic E-state index is 11.4. The minimum atomic E-state index is -0.874. The highest BCUT2D eigenvalue weighted by Gasteiger charge is 2.27. The molecule has 1 aromatic carbocycles. The summed E-state index contributed by atoms with van der Waals surface area (Å²) in [6.45, 7) is 16.7. The minimum Gasteiger partial charge on any atom is -0.507 e. The van der Waals surface area contributed by atoms with Gasteiger partial charge in [0, 0.05) is 21.8 Å². The molecule has 0 aromatic heterocycles. The zero-order chi connectivity index (χ0) is 22.4. The number of benzene rings is 1. The molecule has 2 atom stereocenters. The Morgan fingerprint density at radius 1 is 1.07 bits per heavy atom. The van der Waals surface area contributed by atoms with Crippen LogP contribution in [-0.4, -0.2) is 34.1 Å². The van der Waals surface area contributed by atoms with Crippen LogP contribution >= 0.6 is 11.8 Å². The largest absolute Gasteiger partial charge is 0.507 e. The lowest BCUT2D eigenvalue weighted by Gasteiger charge is -2.28. The van der Waals surface area contributed by atoms with Crippen LogP contribution in [0.25, 0.3) is 0 Å². The molecule has 0 saturated carbocycles. The Kier molecular flexibility index (Phi) is 9.55. The van der Waals surface area contributed by atoms with Crippen LogP contribution in [0, 0.1) is 0 Å². The Hall–Kier alpha value is -1.20. The predicted octanol–water partition coefficient (Wildman–Crippen LogP) is 6.52. The fourth-order valence-electron chi connectivity index (χ4n) is 3.17. The van der Waals surface area contributed by atoms with Gasteiger partial charge in [0.25, 0.3) is 0 Å². The van der Waals surface area contributed by atoms with Crippen LogP contribution in [0.1, 0.15) is 92.2 Å². The van der Waals surface area contributed by atoms with Crippen molar-refractivity contribution < 1.29 is 19.7 Å². The molecule has 5 heteroatoms. The van der Waals surface area contributed by atoms with E-state index in [2.05, 4.69) is 53.7 Å². The van der Waals surface area contributed by atoms with Crippen molar-refractivity contribution in [2.24, 2.45) is 0 Å². The van der Waals surface area contributed by atoms with E-state index >= 15 is 0 Å². The van der Waals surface area contributed by atoms with Crippen molar-refractivity contribution in [3.8, 4) is 5.75 Å². The molecule has 1 rings (SSSR count). The van der Waals surface area contributed by atoms with Gasteiger partial charge >= 0.3 is 5.97 Å². The summed E-state index contributed by atoms with van der Waals surface area (Å²) in [7, 11) is 0. The Labute approximate surface area is 181 Å². The normalized spacial score (nSPS) is 14.6. The maximum Gasteiger partial charge on any atom is 0.332 e. The average Bonchev–Trinajstić information content (AvgIpc) is 2.57. The molecule has 0 radical (unpaired) electrons. The lowest BCUT2D eigenvalue weighted by Crippen LogP contribution is -2.28. The Bertz CT molecular complexity index is 635. The summed E-state index contributed by atoms with van der Waals surface area (Å²) in [6.07, 6.45) is 2.33. The molecule has 0 bridgehead atoms. The number of rotatable bonds is 10. The summed E-state index contributed by atoms with van der Waals surface area (Å²) in [5.41, 5.74) is 1.63. The third-order valence-corrected chi connectivity index (χ3v) is 5.99. The van der Waals surface area contributed by atoms with Crippen LogP contribution in [0.15, 0.2) is 17.0 Å². The van der Waals surface area contributed by atoms with Gasteiger partial charge < -0.3 is 14.9 Å². The van der Waals surface area contributed by atoms with Gasteiger partial charge in [-0.3, -0.25) is 0 Å². The zero-order valence-electron chi connectivity index (χ0n) is 19.5. The smallest absolute Gasteiger partial charge is 0.332 e. The Morgan fingerprint density at radius 3 is 2.00 bits per heavy atom. The van der Waals surface area contributed by atoms with Crippen molar-refractivity contribution in [1.29, 1.82) is 0 Å². The van der Waals surface area contributed by atoms with Gasteiger partial charge in [-0.05, 0) is 42.7 Å². The molecule has 0 saturated heterocycles. The standard InChI is InChI=1S/C24H40O4S/c1-9-10-11-20(22(26)27)28-16(2)12-13-29-17-14-18(23(3,4)5)21(25)19(15-17)24(6,7)8/h14-16,20,25H,9-13H2,1-8H3,(H,26,27). The first-order valence-corrected chi connectivity index (χ1v) is 11.6. The number of hydrogen-bond acceptors (Lipinski definition) is 4. The van der Waals surface area contributed by atoms with Gasteiger partial charge in [-0.2, -0.15) is 0 Å². The third kappa shape index (κ3) is 8.21. The molecule has 0 amide bonds. The van der Waals surface area contributed by atoms with E-state index < -0.39 is 12.1 Å². The monoisotopic (exact) mass is 424 g/mol. The molecule has 4 nitrogen and oxygen atoms in total. The molecule has 0 aliphatic heterocycles. The van der Waals surface area contributed by atoms with E-state index in [0.717, 1.165) is 41.0 Å². The second kappa shape index (κ2) is 10.7. The number of aliphatic carboxylic acids is 1. The molecule has 166 valence electrons. The average molecular weight is 425 g/mol. The van der Waals surface area contributed by atoms with Crippen LogP contribution in [0.2, 0.25) is 0 Å². The molecule has 2 N–H and O–H groups in total. The quantitative estimate of drug-likeness (QED) is 0.419. The van der Waals surface area contributed by atoms with Gasteiger partial charge in [0.15, 0.2) is 6.10 Å². The lowest BCUT2D eigenvalue weighted by atomic mass is 9.79. The van der Waals surface area contributed by atoms with Crippen molar-refractivity contribution in [2.45, 2.75) is 109 Å². The van der Waals surface area contributed by atoms with Crippen LogP contribution < -0.4 is 0 Å². The maximum atomic E-state index is 11.4. The number of thioether (sulfide) groups is 1. The van der Waals surface area contributed by atoms with Crippen LogP contribution in [0.4, 0.5) is 0 Å². The van der Waals surface area contributed by atoms with Crippen LogP contribution in [-0.2, 0) is 20.4 Å². The topological polar surface area (TPSA) is 66.8 Å². The molecular formula is C24H40O4S. The Balaban J connectivity index is 2.85. The SMILES string of the molecule is CCCCC(OC(C)CCSc1cc(C(C)(C)C)c(O)c(C(C)(C)C)c1)C(=O)O. The summed E-state index contributed by atoms with van der Waals surface area (Å²) in [5, 5.41) is 20.2. The van der Waals surface area contributed by atoms with E-state index in [-0.39, 0.29) is 16.9 Å². The molecule has 29 heavy (non-hydrogen) atoms. The van der Waals surface area contributed by atoms with Crippen molar-refractivity contribution in [1.82, 2.24) is 0 Å². The van der Waals surface area contributed by atoms with E-state index in [1.807, 2.05) is 13.8 Å². The number of phenols is 1. The molecule has 0 aliphatic rings. The summed E-state index contributed by atoms with van der Waals surface area (Å²) in [5.74, 6) is 0.353. The van der Waals surface area contributed by atoms with Crippen molar-refractivity contribution in [3.05, 3.63) is 23.3 Å². The second-order valence-corrected chi connectivity index (χ2v) is 11.1. The van der Waals surface area contributed by atoms with E-state index in [1.54, 1.807) is 11.8 Å². The summed E-state index contributed by atoms with van der Waals surface area (Å²) in [6, 6.07) is 4.17. The minimum absolute atomic E-state index is 0.109. The highest BCUT2D eigenvalue weighted by Crippen LogP contribution is 2.41. The van der Waals surface area contributed by atoms with Gasteiger partial charge in [0.2, 0.25) is 0 Å². The van der Waals surface area contributed by atoms with E-state index in [1.165, 1.54) is 0 Å². The van der Waals surface area contributed by atoms with Gasteiger partial charge in [-0.1, -0.05) is 61.3 Å². The number of carboxylic acids is 1. The number of ether oxygens (including phenoxy) is 1. The molecule has 2 unspecified atom stereocenters. The predicted molar refractivity (Wildman–Crippen MR) is 122 cm³/mol. The zero-order valence-corrected chi connectivity index (χ0v) is 20.3. The van der Waals surface area contributed by atoms with Crippen molar-refractivity contribution in [3.63, 3.8) is 0 Å². The molecule has 0 spiro atoms. The number of carboxylic acid groups (broad SMARTS) is 1. The summed E-state index contributed by atoms with van der Waals surface area (Å²) >= 11 is 1.73. The first-order chi connectivity index (χ1) is 13.3.